The van der Waals surface area contributed by atoms with Gasteiger partial charge in [0.1, 0.15) is 11.6 Å². The van der Waals surface area contributed by atoms with Crippen LogP contribution in [-0.2, 0) is 22.3 Å². The number of hydrogen-bond donors (Lipinski definition) is 3. The predicted octanol–water partition coefficient (Wildman–Crippen LogP) is 1.09. The maximum Gasteiger partial charge on any atom is 0.325 e. The summed E-state index contributed by atoms with van der Waals surface area (Å²) < 4.78 is 16.2. The van der Waals surface area contributed by atoms with Gasteiger partial charge >= 0.3 is 13.6 Å². The molecule has 0 saturated carbocycles. The molecule has 0 atom stereocenters. The summed E-state index contributed by atoms with van der Waals surface area (Å²) in [6.45, 7) is 0.400. The van der Waals surface area contributed by atoms with Crippen LogP contribution in [-0.4, -0.2) is 38.4 Å². The van der Waals surface area contributed by atoms with Gasteiger partial charge in [0.2, 0.25) is 5.91 Å². The largest absolute Gasteiger partial charge is 0.463 e. The zero-order chi connectivity index (χ0) is 18.7. The molecule has 138 valence electrons. The number of nitrogens with two attached hydrogens (primary N) is 1. The Kier molecular flexibility index (Phi) is 5.22. The number of carbonyl (C=O) groups excluding carboxylic acids is 1. The van der Waals surface area contributed by atoms with Crippen LogP contribution in [0.2, 0.25) is 0 Å². The van der Waals surface area contributed by atoms with Crippen LogP contribution < -0.4 is 15.4 Å². The van der Waals surface area contributed by atoms with E-state index in [1.54, 1.807) is 0 Å². The van der Waals surface area contributed by atoms with Crippen LogP contribution in [0.25, 0.3) is 0 Å². The van der Waals surface area contributed by atoms with Crippen molar-refractivity contribution in [1.29, 1.82) is 0 Å². The van der Waals surface area contributed by atoms with Crippen molar-refractivity contribution in [2.24, 2.45) is 0 Å². The number of carbonyl (C=O) groups is 1. The second-order valence-electron chi connectivity index (χ2n) is 5.93. The molecular weight excluding hydrogens is 359 g/mol. The monoisotopic (exact) mass is 378 g/mol. The van der Waals surface area contributed by atoms with E-state index in [1.807, 2.05) is 30.3 Å². The SMILES string of the molecule is Nc1nc(OCCCP(=O)(O)O)nc2c1CC(=O)N2Cc1ccccc1. The van der Waals surface area contributed by atoms with E-state index >= 15 is 0 Å². The topological polar surface area (TPSA) is 139 Å². The lowest BCUT2D eigenvalue weighted by atomic mass is 10.2. The van der Waals surface area contributed by atoms with Crippen molar-refractivity contribution in [2.75, 3.05) is 23.4 Å². The predicted molar refractivity (Wildman–Crippen MR) is 94.8 cm³/mol. The lowest BCUT2D eigenvalue weighted by molar-refractivity contribution is -0.117. The molecule has 26 heavy (non-hydrogen) atoms. The number of benzene rings is 1. The molecule has 2 aromatic rings. The number of hydrogen-bond acceptors (Lipinski definition) is 6. The highest BCUT2D eigenvalue weighted by Crippen LogP contribution is 2.35. The molecule has 1 aromatic heterocycles. The summed E-state index contributed by atoms with van der Waals surface area (Å²) in [6.07, 6.45) is -0.00415. The lowest BCUT2D eigenvalue weighted by Gasteiger charge is -2.17. The van der Waals surface area contributed by atoms with Gasteiger partial charge in [0.15, 0.2) is 0 Å². The quantitative estimate of drug-likeness (QED) is 0.481. The summed E-state index contributed by atoms with van der Waals surface area (Å²) >= 11 is 0. The van der Waals surface area contributed by atoms with Crippen molar-refractivity contribution >= 4 is 25.1 Å². The van der Waals surface area contributed by atoms with Crippen LogP contribution in [0, 0.1) is 0 Å². The van der Waals surface area contributed by atoms with Gasteiger partial charge in [0, 0.05) is 5.56 Å². The molecule has 3 rings (SSSR count). The Morgan fingerprint density at radius 2 is 1.96 bits per heavy atom. The molecule has 0 fully saturated rings. The highest BCUT2D eigenvalue weighted by molar-refractivity contribution is 7.51. The average Bonchev–Trinajstić information content (AvgIpc) is 2.89. The summed E-state index contributed by atoms with van der Waals surface area (Å²) in [5, 5.41) is 0. The standard InChI is InChI=1S/C16H19N4O5P/c17-14-12-9-13(21)20(10-11-5-2-1-3-6-11)15(12)19-16(18-14)25-7-4-8-26(22,23)24/h1-3,5-6H,4,7-10H2,(H2,17,18,19)(H2,22,23,24). The average molecular weight is 378 g/mol. The summed E-state index contributed by atoms with van der Waals surface area (Å²) in [4.78, 5) is 39.9. The molecule has 9 nitrogen and oxygen atoms in total. The van der Waals surface area contributed by atoms with Gasteiger partial charge < -0.3 is 20.3 Å². The van der Waals surface area contributed by atoms with E-state index in [-0.39, 0.29) is 43.3 Å². The molecule has 10 heteroatoms. The van der Waals surface area contributed by atoms with Crippen LogP contribution in [0.4, 0.5) is 11.6 Å². The van der Waals surface area contributed by atoms with Crippen molar-refractivity contribution in [2.45, 2.75) is 19.4 Å². The normalized spacial score (nSPS) is 13.8. The Balaban J connectivity index is 1.75. The first-order chi connectivity index (χ1) is 12.3. The number of rotatable bonds is 7. The number of nitrogens with zero attached hydrogens (tertiary/aromatic N) is 3. The van der Waals surface area contributed by atoms with Crippen LogP contribution in [0.1, 0.15) is 17.5 Å². The van der Waals surface area contributed by atoms with E-state index in [0.29, 0.717) is 17.9 Å². The van der Waals surface area contributed by atoms with E-state index in [0.717, 1.165) is 5.56 Å². The van der Waals surface area contributed by atoms with E-state index in [1.165, 1.54) is 4.90 Å². The molecule has 0 saturated heterocycles. The highest BCUT2D eigenvalue weighted by Gasteiger charge is 2.32. The summed E-state index contributed by atoms with van der Waals surface area (Å²) in [6, 6.07) is 9.48. The van der Waals surface area contributed by atoms with Crippen LogP contribution in [0.3, 0.4) is 0 Å². The number of aromatic nitrogens is 2. The van der Waals surface area contributed by atoms with Crippen LogP contribution in [0.15, 0.2) is 30.3 Å². The van der Waals surface area contributed by atoms with Gasteiger partial charge in [-0.1, -0.05) is 30.3 Å². The van der Waals surface area contributed by atoms with Gasteiger partial charge in [-0.05, 0) is 12.0 Å². The highest BCUT2D eigenvalue weighted by atomic mass is 31.2. The Hall–Kier alpha value is -2.48. The summed E-state index contributed by atoms with van der Waals surface area (Å²) in [7, 11) is -4.07. The Morgan fingerprint density at radius 3 is 2.65 bits per heavy atom. The Morgan fingerprint density at radius 1 is 1.23 bits per heavy atom. The van der Waals surface area contributed by atoms with E-state index in [4.69, 9.17) is 20.3 Å². The minimum absolute atomic E-state index is 0.0141. The molecule has 1 amide bonds. The fraction of sp³-hybridized carbons (Fsp3) is 0.312. The van der Waals surface area contributed by atoms with Crippen molar-refractivity contribution in [3.05, 3.63) is 41.5 Å². The third kappa shape index (κ3) is 4.37. The number of fused-ring (bicyclic) bond motifs is 1. The fourth-order valence-electron chi connectivity index (χ4n) is 2.65. The first-order valence-electron chi connectivity index (χ1n) is 8.01. The maximum absolute atomic E-state index is 12.3. The maximum atomic E-state index is 12.3. The van der Waals surface area contributed by atoms with Crippen molar-refractivity contribution < 1.29 is 23.9 Å². The Bertz CT molecular complexity index is 855. The van der Waals surface area contributed by atoms with Gasteiger partial charge in [-0.3, -0.25) is 14.3 Å². The number of amides is 1. The second kappa shape index (κ2) is 7.41. The molecule has 2 heterocycles. The fourth-order valence-corrected chi connectivity index (χ4v) is 3.19. The van der Waals surface area contributed by atoms with Gasteiger partial charge in [-0.15, -0.1) is 0 Å². The molecule has 0 aliphatic carbocycles. The first-order valence-corrected chi connectivity index (χ1v) is 9.81. The molecule has 1 aliphatic heterocycles. The smallest absolute Gasteiger partial charge is 0.325 e. The molecule has 0 bridgehead atoms. The van der Waals surface area contributed by atoms with Crippen molar-refractivity contribution in [1.82, 2.24) is 9.97 Å². The van der Waals surface area contributed by atoms with Gasteiger partial charge in [-0.25, -0.2) is 0 Å². The number of anilines is 2. The van der Waals surface area contributed by atoms with Crippen LogP contribution >= 0.6 is 7.60 Å². The third-order valence-corrected chi connectivity index (χ3v) is 4.79. The minimum atomic E-state index is -4.07. The first kappa shape index (κ1) is 18.3. The molecular formula is C16H19N4O5P. The van der Waals surface area contributed by atoms with E-state index in [9.17, 15) is 9.36 Å². The van der Waals surface area contributed by atoms with Crippen molar-refractivity contribution in [3.8, 4) is 6.01 Å². The van der Waals surface area contributed by atoms with Gasteiger partial charge in [0.05, 0.1) is 25.7 Å². The summed E-state index contributed by atoms with van der Waals surface area (Å²) in [5.41, 5.74) is 7.45. The zero-order valence-corrected chi connectivity index (χ0v) is 14.8. The Labute approximate surface area is 150 Å². The molecule has 1 aliphatic rings. The number of nitrogen functional groups attached to an aromatic ring is 1. The third-order valence-electron chi connectivity index (χ3n) is 3.89. The van der Waals surface area contributed by atoms with Crippen LogP contribution in [0.5, 0.6) is 6.01 Å². The van der Waals surface area contributed by atoms with Gasteiger partial charge in [-0.2, -0.15) is 9.97 Å². The number of ether oxygens (including phenoxy) is 1. The minimum Gasteiger partial charge on any atom is -0.463 e. The zero-order valence-electron chi connectivity index (χ0n) is 13.9. The molecule has 0 spiro atoms. The second-order valence-corrected chi connectivity index (χ2v) is 7.70. The lowest BCUT2D eigenvalue weighted by Crippen LogP contribution is -2.26. The van der Waals surface area contributed by atoms with E-state index < -0.39 is 7.60 Å². The molecule has 1 aromatic carbocycles. The van der Waals surface area contributed by atoms with Gasteiger partial charge in [0.25, 0.3) is 0 Å². The van der Waals surface area contributed by atoms with Crippen molar-refractivity contribution in [3.63, 3.8) is 0 Å². The molecule has 0 unspecified atom stereocenters. The van der Waals surface area contributed by atoms with E-state index in [2.05, 4.69) is 9.97 Å². The molecule has 4 N–H and O–H groups in total. The summed E-state index contributed by atoms with van der Waals surface area (Å²) in [5.74, 6) is 0.462. The molecule has 0 radical (unpaired) electrons.